The van der Waals surface area contributed by atoms with Gasteiger partial charge < -0.3 is 5.32 Å². The van der Waals surface area contributed by atoms with Crippen LogP contribution in [0.15, 0.2) is 18.2 Å². The number of alkyl halides is 3. The number of nitrogens with one attached hydrogen (secondary N) is 1. The molecule has 1 aromatic rings. The summed E-state index contributed by atoms with van der Waals surface area (Å²) in [6.07, 6.45) is 1.04. The monoisotopic (exact) mass is 275 g/mol. The van der Waals surface area contributed by atoms with Crippen LogP contribution in [0.2, 0.25) is 0 Å². The molecule has 0 unspecified atom stereocenters. The third-order valence-corrected chi connectivity index (χ3v) is 3.54. The second kappa shape index (κ2) is 5.90. The molecule has 1 saturated carbocycles. The van der Waals surface area contributed by atoms with Crippen LogP contribution in [0.1, 0.15) is 43.2 Å². The van der Waals surface area contributed by atoms with Crippen LogP contribution in [-0.4, -0.2) is 6.04 Å². The Kier molecular flexibility index (Phi) is 4.45. The van der Waals surface area contributed by atoms with E-state index in [4.69, 9.17) is 0 Å². The first-order chi connectivity index (χ1) is 8.97. The average Bonchev–Trinajstić information content (AvgIpc) is 2.37. The number of hydrogen-bond donors (Lipinski definition) is 1. The van der Waals surface area contributed by atoms with Crippen LogP contribution in [-0.2, 0) is 12.7 Å². The first-order valence-corrected chi connectivity index (χ1v) is 6.56. The van der Waals surface area contributed by atoms with E-state index in [0.717, 1.165) is 37.8 Å². The molecule has 0 bridgehead atoms. The molecule has 1 aliphatic carbocycles. The van der Waals surface area contributed by atoms with Gasteiger partial charge in [0.05, 0.1) is 5.56 Å². The highest BCUT2D eigenvalue weighted by Gasteiger charge is 2.34. The standard InChI is InChI=1S/C14H17F4N/c15-13-7-6-10(8-12(13)14(16,17)18)9-19-11-4-2-1-3-5-11/h6-8,11,19H,1-5,9H2. The van der Waals surface area contributed by atoms with Gasteiger partial charge in [0.15, 0.2) is 0 Å². The zero-order valence-corrected chi connectivity index (χ0v) is 10.6. The highest BCUT2D eigenvalue weighted by molar-refractivity contribution is 5.27. The van der Waals surface area contributed by atoms with E-state index in [2.05, 4.69) is 5.32 Å². The minimum absolute atomic E-state index is 0.355. The lowest BCUT2D eigenvalue weighted by Crippen LogP contribution is -2.30. The van der Waals surface area contributed by atoms with E-state index >= 15 is 0 Å². The van der Waals surface area contributed by atoms with Gasteiger partial charge in [-0.15, -0.1) is 0 Å². The Morgan fingerprint density at radius 1 is 1.11 bits per heavy atom. The Balaban J connectivity index is 2.00. The van der Waals surface area contributed by atoms with Crippen molar-refractivity contribution in [3.63, 3.8) is 0 Å². The average molecular weight is 275 g/mol. The van der Waals surface area contributed by atoms with E-state index < -0.39 is 17.6 Å². The molecule has 106 valence electrons. The first-order valence-electron chi connectivity index (χ1n) is 6.56. The first kappa shape index (κ1) is 14.3. The highest BCUT2D eigenvalue weighted by atomic mass is 19.4. The summed E-state index contributed by atoms with van der Waals surface area (Å²) in [6, 6.07) is 3.56. The second-order valence-electron chi connectivity index (χ2n) is 5.03. The van der Waals surface area contributed by atoms with Crippen molar-refractivity contribution in [1.82, 2.24) is 5.32 Å². The van der Waals surface area contributed by atoms with E-state index in [-0.39, 0.29) is 0 Å². The van der Waals surface area contributed by atoms with Crippen LogP contribution in [0.25, 0.3) is 0 Å². The van der Waals surface area contributed by atoms with Crippen LogP contribution >= 0.6 is 0 Å². The summed E-state index contributed by atoms with van der Waals surface area (Å²) < 4.78 is 50.8. The maximum Gasteiger partial charge on any atom is 0.419 e. The third kappa shape index (κ3) is 3.93. The molecule has 0 saturated heterocycles. The van der Waals surface area contributed by atoms with Crippen LogP contribution in [0.4, 0.5) is 17.6 Å². The molecule has 0 spiro atoms. The van der Waals surface area contributed by atoms with Crippen molar-refractivity contribution in [2.45, 2.75) is 50.9 Å². The maximum absolute atomic E-state index is 13.1. The van der Waals surface area contributed by atoms with Gasteiger partial charge in [-0.25, -0.2) is 4.39 Å². The molecule has 1 N–H and O–H groups in total. The minimum atomic E-state index is -4.63. The zero-order valence-electron chi connectivity index (χ0n) is 10.6. The van der Waals surface area contributed by atoms with Gasteiger partial charge in [0.2, 0.25) is 0 Å². The molecule has 1 aromatic carbocycles. The number of rotatable bonds is 3. The number of halogens is 4. The lowest BCUT2D eigenvalue weighted by Gasteiger charge is -2.23. The summed E-state index contributed by atoms with van der Waals surface area (Å²) >= 11 is 0. The van der Waals surface area contributed by atoms with Crippen molar-refractivity contribution < 1.29 is 17.6 Å². The largest absolute Gasteiger partial charge is 0.419 e. The van der Waals surface area contributed by atoms with Crippen molar-refractivity contribution in [2.75, 3.05) is 0 Å². The van der Waals surface area contributed by atoms with E-state index in [9.17, 15) is 17.6 Å². The molecule has 0 aromatic heterocycles. The van der Waals surface area contributed by atoms with Crippen molar-refractivity contribution in [3.05, 3.63) is 35.1 Å². The fourth-order valence-electron chi connectivity index (χ4n) is 2.47. The lowest BCUT2D eigenvalue weighted by atomic mass is 9.95. The molecule has 1 aliphatic rings. The number of hydrogen-bond acceptors (Lipinski definition) is 1. The summed E-state index contributed by atoms with van der Waals surface area (Å²) in [5, 5.41) is 3.25. The summed E-state index contributed by atoms with van der Waals surface area (Å²) in [6.45, 7) is 0.355. The zero-order chi connectivity index (χ0) is 13.9. The smallest absolute Gasteiger partial charge is 0.310 e. The van der Waals surface area contributed by atoms with Gasteiger partial charge in [-0.3, -0.25) is 0 Å². The van der Waals surface area contributed by atoms with Crippen LogP contribution in [0.5, 0.6) is 0 Å². The van der Waals surface area contributed by atoms with Crippen molar-refractivity contribution >= 4 is 0 Å². The molecule has 2 rings (SSSR count). The van der Waals surface area contributed by atoms with Gasteiger partial charge in [-0.05, 0) is 30.5 Å². The summed E-state index contributed by atoms with van der Waals surface area (Å²) in [5.41, 5.74) is -0.713. The Hall–Kier alpha value is -1.10. The van der Waals surface area contributed by atoms with E-state index in [1.54, 1.807) is 0 Å². The van der Waals surface area contributed by atoms with Crippen LogP contribution in [0, 0.1) is 5.82 Å². The molecule has 0 aliphatic heterocycles. The van der Waals surface area contributed by atoms with Crippen LogP contribution < -0.4 is 5.32 Å². The predicted octanol–water partition coefficient (Wildman–Crippen LogP) is 4.27. The van der Waals surface area contributed by atoms with Gasteiger partial charge in [-0.1, -0.05) is 25.3 Å². The molecule has 0 amide bonds. The molecular weight excluding hydrogens is 258 g/mol. The fourth-order valence-corrected chi connectivity index (χ4v) is 2.47. The highest BCUT2D eigenvalue weighted by Crippen LogP contribution is 2.32. The predicted molar refractivity (Wildman–Crippen MR) is 65.1 cm³/mol. The molecule has 1 fully saturated rings. The normalized spacial score (nSPS) is 17.7. The van der Waals surface area contributed by atoms with E-state index in [0.29, 0.717) is 18.2 Å². The van der Waals surface area contributed by atoms with Gasteiger partial charge in [-0.2, -0.15) is 13.2 Å². The van der Waals surface area contributed by atoms with Gasteiger partial charge in [0, 0.05) is 12.6 Å². The van der Waals surface area contributed by atoms with Crippen molar-refractivity contribution in [1.29, 1.82) is 0 Å². The lowest BCUT2D eigenvalue weighted by molar-refractivity contribution is -0.140. The van der Waals surface area contributed by atoms with Crippen molar-refractivity contribution in [2.24, 2.45) is 0 Å². The Labute approximate surface area is 110 Å². The third-order valence-electron chi connectivity index (χ3n) is 3.54. The second-order valence-corrected chi connectivity index (χ2v) is 5.03. The van der Waals surface area contributed by atoms with Gasteiger partial charge in [0.25, 0.3) is 0 Å². The quantitative estimate of drug-likeness (QED) is 0.812. The molecule has 1 nitrogen and oxygen atoms in total. The van der Waals surface area contributed by atoms with Gasteiger partial charge in [0.1, 0.15) is 5.82 Å². The molecule has 0 heterocycles. The summed E-state index contributed by atoms with van der Waals surface area (Å²) in [7, 11) is 0. The maximum atomic E-state index is 13.1. The minimum Gasteiger partial charge on any atom is -0.310 e. The fraction of sp³-hybridized carbons (Fsp3) is 0.571. The van der Waals surface area contributed by atoms with Crippen LogP contribution in [0.3, 0.4) is 0 Å². The van der Waals surface area contributed by atoms with E-state index in [1.165, 1.54) is 12.5 Å². The molecule has 0 radical (unpaired) electrons. The van der Waals surface area contributed by atoms with Crippen molar-refractivity contribution in [3.8, 4) is 0 Å². The Morgan fingerprint density at radius 3 is 2.42 bits per heavy atom. The molecule has 0 atom stereocenters. The SMILES string of the molecule is Fc1ccc(CNC2CCCCC2)cc1C(F)(F)F. The molecule has 5 heteroatoms. The summed E-state index contributed by atoms with van der Waals surface area (Å²) in [4.78, 5) is 0. The Bertz CT molecular complexity index is 422. The molecule has 19 heavy (non-hydrogen) atoms. The number of benzene rings is 1. The topological polar surface area (TPSA) is 12.0 Å². The Morgan fingerprint density at radius 2 is 1.79 bits per heavy atom. The summed E-state index contributed by atoms with van der Waals surface area (Å²) in [5.74, 6) is -1.21. The molecular formula is C14H17F4N. The van der Waals surface area contributed by atoms with Gasteiger partial charge >= 0.3 is 6.18 Å². The van der Waals surface area contributed by atoms with E-state index in [1.807, 2.05) is 0 Å².